The summed E-state index contributed by atoms with van der Waals surface area (Å²) in [7, 11) is 0. The molecule has 5 heteroatoms. The number of hydrogen-bond acceptors (Lipinski definition) is 4. The minimum atomic E-state index is -0.629. The summed E-state index contributed by atoms with van der Waals surface area (Å²) in [6.07, 6.45) is 0.440. The zero-order valence-corrected chi connectivity index (χ0v) is 9.25. The van der Waals surface area contributed by atoms with E-state index in [1.165, 1.54) is 12.1 Å². The van der Waals surface area contributed by atoms with Crippen molar-refractivity contribution in [3.63, 3.8) is 0 Å². The number of ether oxygens (including phenoxy) is 1. The Labute approximate surface area is 97.4 Å². The SMILES string of the molecule is CCOC(=O)c1ccc(C#N)c(Cl)c1C=O. The molecule has 0 fully saturated rings. The summed E-state index contributed by atoms with van der Waals surface area (Å²) in [5, 5.41) is 8.68. The van der Waals surface area contributed by atoms with Crippen LogP contribution in [0.4, 0.5) is 0 Å². The first-order chi connectivity index (χ1) is 7.65. The Morgan fingerprint density at radius 1 is 1.62 bits per heavy atom. The molecule has 0 bridgehead atoms. The molecule has 1 rings (SSSR count). The highest BCUT2D eigenvalue weighted by Gasteiger charge is 2.17. The molecule has 82 valence electrons. The smallest absolute Gasteiger partial charge is 0.338 e. The van der Waals surface area contributed by atoms with Crippen molar-refractivity contribution in [2.45, 2.75) is 6.92 Å². The van der Waals surface area contributed by atoms with Crippen LogP contribution in [0.1, 0.15) is 33.2 Å². The van der Waals surface area contributed by atoms with Crippen LogP contribution in [0.5, 0.6) is 0 Å². The molecule has 0 saturated heterocycles. The molecule has 0 aliphatic carbocycles. The zero-order valence-electron chi connectivity index (χ0n) is 8.49. The molecule has 0 atom stereocenters. The number of nitrogens with zero attached hydrogens (tertiary/aromatic N) is 1. The predicted octanol–water partition coefficient (Wildman–Crippen LogP) is 2.20. The van der Waals surface area contributed by atoms with E-state index in [-0.39, 0.29) is 28.3 Å². The van der Waals surface area contributed by atoms with E-state index in [9.17, 15) is 9.59 Å². The molecule has 0 aliphatic rings. The molecule has 0 aromatic heterocycles. The molecule has 0 aliphatic heterocycles. The lowest BCUT2D eigenvalue weighted by atomic mass is 10.1. The summed E-state index contributed by atoms with van der Waals surface area (Å²) in [6, 6.07) is 4.56. The van der Waals surface area contributed by atoms with Crippen molar-refractivity contribution < 1.29 is 14.3 Å². The molecule has 16 heavy (non-hydrogen) atoms. The van der Waals surface area contributed by atoms with Crippen LogP contribution in [0.2, 0.25) is 5.02 Å². The number of esters is 1. The van der Waals surface area contributed by atoms with Gasteiger partial charge in [0.1, 0.15) is 6.07 Å². The normalized spacial score (nSPS) is 9.31. The van der Waals surface area contributed by atoms with Gasteiger partial charge in [-0.2, -0.15) is 5.26 Å². The van der Waals surface area contributed by atoms with Crippen LogP contribution >= 0.6 is 11.6 Å². The largest absolute Gasteiger partial charge is 0.462 e. The number of nitriles is 1. The topological polar surface area (TPSA) is 67.2 Å². The Morgan fingerprint density at radius 3 is 2.81 bits per heavy atom. The molecule has 0 radical (unpaired) electrons. The van der Waals surface area contributed by atoms with E-state index in [0.29, 0.717) is 6.29 Å². The minimum Gasteiger partial charge on any atom is -0.462 e. The maximum Gasteiger partial charge on any atom is 0.338 e. The van der Waals surface area contributed by atoms with Crippen LogP contribution in [0.25, 0.3) is 0 Å². The Kier molecular flexibility index (Phi) is 4.03. The zero-order chi connectivity index (χ0) is 12.1. The Morgan fingerprint density at radius 2 is 2.31 bits per heavy atom. The van der Waals surface area contributed by atoms with Crippen molar-refractivity contribution in [2.24, 2.45) is 0 Å². The number of halogens is 1. The Balaban J connectivity index is 3.32. The maximum absolute atomic E-state index is 11.5. The van der Waals surface area contributed by atoms with Crippen LogP contribution in [0.15, 0.2) is 12.1 Å². The molecule has 1 aromatic rings. The molecule has 0 N–H and O–H groups in total. The summed E-state index contributed by atoms with van der Waals surface area (Å²) in [4.78, 5) is 22.3. The highest BCUT2D eigenvalue weighted by molar-refractivity contribution is 6.34. The summed E-state index contributed by atoms with van der Waals surface area (Å²) in [6.45, 7) is 1.86. The lowest BCUT2D eigenvalue weighted by Gasteiger charge is -2.06. The standard InChI is InChI=1S/C11H8ClNO3/c1-2-16-11(15)8-4-3-7(5-13)10(12)9(8)6-14/h3-4,6H,2H2,1H3. The molecular formula is C11H8ClNO3. The van der Waals surface area contributed by atoms with Crippen molar-refractivity contribution >= 4 is 23.9 Å². The van der Waals surface area contributed by atoms with E-state index in [1.807, 2.05) is 6.07 Å². The summed E-state index contributed by atoms with van der Waals surface area (Å²) >= 11 is 5.80. The number of carbonyl (C=O) groups excluding carboxylic acids is 2. The van der Waals surface area contributed by atoms with Gasteiger partial charge in [-0.15, -0.1) is 0 Å². The van der Waals surface area contributed by atoms with Crippen LogP contribution in [0, 0.1) is 11.3 Å². The van der Waals surface area contributed by atoms with Gasteiger partial charge in [-0.3, -0.25) is 4.79 Å². The quantitative estimate of drug-likeness (QED) is 0.597. The predicted molar refractivity (Wildman–Crippen MR) is 57.5 cm³/mol. The fraction of sp³-hybridized carbons (Fsp3) is 0.182. The highest BCUT2D eigenvalue weighted by atomic mass is 35.5. The van der Waals surface area contributed by atoms with Crippen LogP contribution in [-0.2, 0) is 4.74 Å². The highest BCUT2D eigenvalue weighted by Crippen LogP contribution is 2.23. The van der Waals surface area contributed by atoms with Crippen molar-refractivity contribution in [2.75, 3.05) is 6.61 Å². The second kappa shape index (κ2) is 5.29. The van der Waals surface area contributed by atoms with Gasteiger partial charge in [0.2, 0.25) is 0 Å². The monoisotopic (exact) mass is 237 g/mol. The number of aldehydes is 1. The van der Waals surface area contributed by atoms with E-state index in [2.05, 4.69) is 0 Å². The van der Waals surface area contributed by atoms with Gasteiger partial charge < -0.3 is 4.74 Å². The molecule has 0 unspecified atom stereocenters. The van der Waals surface area contributed by atoms with Crippen molar-refractivity contribution in [1.29, 1.82) is 5.26 Å². The first-order valence-corrected chi connectivity index (χ1v) is 4.88. The Bertz CT molecular complexity index is 477. The average Bonchev–Trinajstić information content (AvgIpc) is 2.28. The van der Waals surface area contributed by atoms with Gasteiger partial charge in [0.15, 0.2) is 6.29 Å². The number of carbonyl (C=O) groups is 2. The molecule has 4 nitrogen and oxygen atoms in total. The Hall–Kier alpha value is -1.86. The van der Waals surface area contributed by atoms with E-state index >= 15 is 0 Å². The summed E-state index contributed by atoms with van der Waals surface area (Å²) in [5.41, 5.74) is 0.205. The van der Waals surface area contributed by atoms with Crippen LogP contribution < -0.4 is 0 Å². The van der Waals surface area contributed by atoms with E-state index < -0.39 is 5.97 Å². The number of hydrogen-bond donors (Lipinski definition) is 0. The van der Waals surface area contributed by atoms with Crippen molar-refractivity contribution in [3.8, 4) is 6.07 Å². The fourth-order valence-corrected chi connectivity index (χ4v) is 1.43. The summed E-state index contributed by atoms with van der Waals surface area (Å²) < 4.78 is 4.76. The van der Waals surface area contributed by atoms with Crippen LogP contribution in [-0.4, -0.2) is 18.9 Å². The van der Waals surface area contributed by atoms with E-state index in [4.69, 9.17) is 21.6 Å². The number of benzene rings is 1. The van der Waals surface area contributed by atoms with Gasteiger partial charge in [0.05, 0.1) is 22.8 Å². The van der Waals surface area contributed by atoms with E-state index in [1.54, 1.807) is 6.92 Å². The second-order valence-corrected chi connectivity index (χ2v) is 3.22. The van der Waals surface area contributed by atoms with Crippen molar-refractivity contribution in [1.82, 2.24) is 0 Å². The average molecular weight is 238 g/mol. The minimum absolute atomic E-state index is 0.0147. The fourth-order valence-electron chi connectivity index (χ4n) is 1.18. The third-order valence-electron chi connectivity index (χ3n) is 1.91. The van der Waals surface area contributed by atoms with Gasteiger partial charge >= 0.3 is 5.97 Å². The van der Waals surface area contributed by atoms with Gasteiger partial charge in [-0.1, -0.05) is 11.6 Å². The molecule has 1 aromatic carbocycles. The summed E-state index contributed by atoms with van der Waals surface area (Å²) in [5.74, 6) is -0.629. The third kappa shape index (κ3) is 2.20. The second-order valence-electron chi connectivity index (χ2n) is 2.84. The molecule has 0 amide bonds. The third-order valence-corrected chi connectivity index (χ3v) is 2.32. The lowest BCUT2D eigenvalue weighted by Crippen LogP contribution is -2.08. The number of rotatable bonds is 3. The molecular weight excluding hydrogens is 230 g/mol. The first-order valence-electron chi connectivity index (χ1n) is 4.50. The lowest BCUT2D eigenvalue weighted by molar-refractivity contribution is 0.0524. The molecule has 0 spiro atoms. The molecule has 0 saturated carbocycles. The van der Waals surface area contributed by atoms with Crippen LogP contribution in [0.3, 0.4) is 0 Å². The van der Waals surface area contributed by atoms with Gasteiger partial charge in [-0.25, -0.2) is 4.79 Å². The van der Waals surface area contributed by atoms with Crippen molar-refractivity contribution in [3.05, 3.63) is 33.8 Å². The van der Waals surface area contributed by atoms with Gasteiger partial charge in [0, 0.05) is 5.56 Å². The van der Waals surface area contributed by atoms with E-state index in [0.717, 1.165) is 0 Å². The maximum atomic E-state index is 11.5. The van der Waals surface area contributed by atoms with Gasteiger partial charge in [-0.05, 0) is 19.1 Å². The van der Waals surface area contributed by atoms with Gasteiger partial charge in [0.25, 0.3) is 0 Å². The molecule has 0 heterocycles. The first kappa shape index (κ1) is 12.2.